The summed E-state index contributed by atoms with van der Waals surface area (Å²) in [6.07, 6.45) is -7.67. The van der Waals surface area contributed by atoms with Gasteiger partial charge in [-0.3, -0.25) is 0 Å². The predicted octanol–water partition coefficient (Wildman–Crippen LogP) is 4.39. The SMILES string of the molecule is CCC(C)[C@H](N)c1ccccc1OC(F)(F)C(F)F.Cl. The van der Waals surface area contributed by atoms with E-state index in [-0.39, 0.29) is 24.1 Å². The van der Waals surface area contributed by atoms with Gasteiger partial charge in [0.2, 0.25) is 0 Å². The number of hydrogen-bond donors (Lipinski definition) is 1. The first kappa shape index (κ1) is 19.0. The summed E-state index contributed by atoms with van der Waals surface area (Å²) in [4.78, 5) is 0. The highest BCUT2D eigenvalue weighted by molar-refractivity contribution is 5.85. The molecular weight excluding hydrogens is 298 g/mol. The molecule has 0 spiro atoms. The maximum Gasteiger partial charge on any atom is 0.461 e. The minimum atomic E-state index is -4.52. The van der Waals surface area contributed by atoms with Gasteiger partial charge in [-0.25, -0.2) is 0 Å². The normalized spacial score (nSPS) is 14.6. The molecule has 0 aliphatic rings. The van der Waals surface area contributed by atoms with E-state index in [2.05, 4.69) is 4.74 Å². The highest BCUT2D eigenvalue weighted by Gasteiger charge is 2.44. The molecule has 0 amide bonds. The van der Waals surface area contributed by atoms with Crippen molar-refractivity contribution < 1.29 is 22.3 Å². The minimum absolute atomic E-state index is 0. The van der Waals surface area contributed by atoms with Crippen molar-refractivity contribution in [3.05, 3.63) is 29.8 Å². The van der Waals surface area contributed by atoms with Gasteiger partial charge in [0.05, 0.1) is 0 Å². The average Bonchev–Trinajstić information content (AvgIpc) is 2.37. The Balaban J connectivity index is 0.00000361. The van der Waals surface area contributed by atoms with Crippen molar-refractivity contribution in [2.45, 2.75) is 38.8 Å². The molecule has 2 N–H and O–H groups in total. The van der Waals surface area contributed by atoms with Crippen molar-refractivity contribution >= 4 is 12.4 Å². The Morgan fingerprint density at radius 1 is 1.25 bits per heavy atom. The van der Waals surface area contributed by atoms with Crippen molar-refractivity contribution in [2.75, 3.05) is 0 Å². The van der Waals surface area contributed by atoms with E-state index < -0.39 is 18.6 Å². The van der Waals surface area contributed by atoms with Crippen LogP contribution in [-0.4, -0.2) is 12.5 Å². The molecule has 2 nitrogen and oxygen atoms in total. The smallest absolute Gasteiger partial charge is 0.428 e. The maximum atomic E-state index is 12.9. The number of para-hydroxylation sites is 1. The lowest BCUT2D eigenvalue weighted by molar-refractivity contribution is -0.253. The van der Waals surface area contributed by atoms with E-state index in [4.69, 9.17) is 5.73 Å². The summed E-state index contributed by atoms with van der Waals surface area (Å²) < 4.78 is 54.3. The van der Waals surface area contributed by atoms with Crippen LogP contribution in [0.2, 0.25) is 0 Å². The van der Waals surface area contributed by atoms with Crippen molar-refractivity contribution in [3.63, 3.8) is 0 Å². The molecule has 1 rings (SSSR count). The fraction of sp³-hybridized carbons (Fsp3) is 0.538. The van der Waals surface area contributed by atoms with Crippen LogP contribution in [0.25, 0.3) is 0 Å². The second-order valence-corrected chi connectivity index (χ2v) is 4.41. The molecule has 0 aromatic heterocycles. The topological polar surface area (TPSA) is 35.2 Å². The molecule has 0 heterocycles. The zero-order chi connectivity index (χ0) is 14.6. The third kappa shape index (κ3) is 4.52. The summed E-state index contributed by atoms with van der Waals surface area (Å²) in [5, 5.41) is 0. The summed E-state index contributed by atoms with van der Waals surface area (Å²) in [6, 6.07) is 5.21. The molecule has 1 aromatic rings. The molecule has 7 heteroatoms. The molecule has 20 heavy (non-hydrogen) atoms. The van der Waals surface area contributed by atoms with Crippen LogP contribution in [0.5, 0.6) is 5.75 Å². The van der Waals surface area contributed by atoms with Crippen molar-refractivity contribution in [1.29, 1.82) is 0 Å². The van der Waals surface area contributed by atoms with Gasteiger partial charge < -0.3 is 10.5 Å². The number of halogens is 5. The summed E-state index contributed by atoms with van der Waals surface area (Å²) in [7, 11) is 0. The van der Waals surface area contributed by atoms with Gasteiger partial charge in [-0.1, -0.05) is 38.5 Å². The van der Waals surface area contributed by atoms with E-state index in [0.29, 0.717) is 5.56 Å². The van der Waals surface area contributed by atoms with Crippen LogP contribution in [0, 0.1) is 5.92 Å². The van der Waals surface area contributed by atoms with Crippen LogP contribution in [0.15, 0.2) is 24.3 Å². The maximum absolute atomic E-state index is 12.9. The van der Waals surface area contributed by atoms with Gasteiger partial charge in [-0.15, -0.1) is 12.4 Å². The monoisotopic (exact) mass is 315 g/mol. The Labute approximate surface area is 121 Å². The quantitative estimate of drug-likeness (QED) is 0.790. The van der Waals surface area contributed by atoms with Gasteiger partial charge in [0.15, 0.2) is 0 Å². The van der Waals surface area contributed by atoms with E-state index in [1.807, 2.05) is 13.8 Å². The zero-order valence-electron chi connectivity index (χ0n) is 11.2. The Bertz CT molecular complexity index is 417. The highest BCUT2D eigenvalue weighted by atomic mass is 35.5. The summed E-state index contributed by atoms with van der Waals surface area (Å²) in [5.74, 6) is -0.287. The van der Waals surface area contributed by atoms with Crippen molar-refractivity contribution in [3.8, 4) is 5.75 Å². The third-order valence-electron chi connectivity index (χ3n) is 3.04. The lowest BCUT2D eigenvalue weighted by Crippen LogP contribution is -2.34. The molecule has 2 atom stereocenters. The summed E-state index contributed by atoms with van der Waals surface area (Å²) in [5.41, 5.74) is 6.24. The molecule has 1 unspecified atom stereocenters. The molecular formula is C13H18ClF4NO. The van der Waals surface area contributed by atoms with E-state index in [9.17, 15) is 17.6 Å². The number of benzene rings is 1. The minimum Gasteiger partial charge on any atom is -0.428 e. The third-order valence-corrected chi connectivity index (χ3v) is 3.04. The van der Waals surface area contributed by atoms with E-state index in [1.54, 1.807) is 6.07 Å². The van der Waals surface area contributed by atoms with Crippen LogP contribution < -0.4 is 10.5 Å². The van der Waals surface area contributed by atoms with E-state index in [1.165, 1.54) is 18.2 Å². The average molecular weight is 316 g/mol. The second kappa shape index (κ2) is 7.69. The number of alkyl halides is 4. The van der Waals surface area contributed by atoms with Crippen LogP contribution in [0.3, 0.4) is 0 Å². The van der Waals surface area contributed by atoms with Crippen LogP contribution in [0.4, 0.5) is 17.6 Å². The summed E-state index contributed by atoms with van der Waals surface area (Å²) >= 11 is 0. The first-order valence-corrected chi connectivity index (χ1v) is 5.99. The molecule has 0 fully saturated rings. The van der Waals surface area contributed by atoms with Gasteiger partial charge in [-0.2, -0.15) is 17.6 Å². The summed E-state index contributed by atoms with van der Waals surface area (Å²) in [6.45, 7) is 3.76. The van der Waals surface area contributed by atoms with E-state index >= 15 is 0 Å². The number of ether oxygens (including phenoxy) is 1. The van der Waals surface area contributed by atoms with Crippen LogP contribution in [0.1, 0.15) is 31.9 Å². The predicted molar refractivity (Wildman–Crippen MR) is 71.7 cm³/mol. The van der Waals surface area contributed by atoms with E-state index in [0.717, 1.165) is 6.42 Å². The molecule has 0 bridgehead atoms. The largest absolute Gasteiger partial charge is 0.461 e. The first-order chi connectivity index (χ1) is 8.79. The molecule has 1 aromatic carbocycles. The molecule has 0 saturated carbocycles. The number of nitrogens with two attached hydrogens (primary N) is 1. The molecule has 0 aliphatic carbocycles. The first-order valence-electron chi connectivity index (χ1n) is 5.99. The highest BCUT2D eigenvalue weighted by Crippen LogP contribution is 2.34. The molecule has 0 saturated heterocycles. The molecule has 116 valence electrons. The fourth-order valence-electron chi connectivity index (χ4n) is 1.60. The Hall–Kier alpha value is -1.01. The zero-order valence-corrected chi connectivity index (χ0v) is 12.0. The lowest BCUT2D eigenvalue weighted by Gasteiger charge is -2.24. The van der Waals surface area contributed by atoms with Gasteiger partial charge >= 0.3 is 12.5 Å². The van der Waals surface area contributed by atoms with Crippen LogP contribution >= 0.6 is 12.4 Å². The lowest BCUT2D eigenvalue weighted by atomic mass is 9.93. The second-order valence-electron chi connectivity index (χ2n) is 4.41. The van der Waals surface area contributed by atoms with Crippen LogP contribution in [-0.2, 0) is 0 Å². The molecule has 0 aliphatic heterocycles. The number of rotatable bonds is 6. The standard InChI is InChI=1S/C13H17F4NO.ClH/c1-3-8(2)11(18)9-6-4-5-7-10(9)19-13(16,17)12(14)15;/h4-8,11-12H,3,18H2,1-2H3;1H/t8?,11-;/m0./s1. The Morgan fingerprint density at radius 2 is 1.80 bits per heavy atom. The number of hydrogen-bond acceptors (Lipinski definition) is 2. The van der Waals surface area contributed by atoms with Gasteiger partial charge in [-0.05, 0) is 12.0 Å². The van der Waals surface area contributed by atoms with Crippen molar-refractivity contribution in [2.24, 2.45) is 11.7 Å². The Morgan fingerprint density at radius 3 is 2.30 bits per heavy atom. The van der Waals surface area contributed by atoms with Crippen molar-refractivity contribution in [1.82, 2.24) is 0 Å². The van der Waals surface area contributed by atoms with Gasteiger partial charge in [0.1, 0.15) is 5.75 Å². The molecule has 0 radical (unpaired) electrons. The Kier molecular flexibility index (Phi) is 7.30. The fourth-order valence-corrected chi connectivity index (χ4v) is 1.60. The van der Waals surface area contributed by atoms with Gasteiger partial charge in [0.25, 0.3) is 0 Å². The van der Waals surface area contributed by atoms with Gasteiger partial charge in [0, 0.05) is 11.6 Å².